The van der Waals surface area contributed by atoms with Gasteiger partial charge in [-0.15, -0.1) is 0 Å². The lowest BCUT2D eigenvalue weighted by Gasteiger charge is -2.26. The monoisotopic (exact) mass is 255 g/mol. The van der Waals surface area contributed by atoms with E-state index >= 15 is 0 Å². The Hall–Kier alpha value is -1.28. The summed E-state index contributed by atoms with van der Waals surface area (Å²) in [4.78, 5) is 0. The van der Waals surface area contributed by atoms with Gasteiger partial charge in [-0.2, -0.15) is 0 Å². The molecule has 2 nitrogen and oxygen atoms in total. The zero-order valence-corrected chi connectivity index (χ0v) is 11.4. The Morgan fingerprint density at radius 1 is 1.21 bits per heavy atom. The summed E-state index contributed by atoms with van der Waals surface area (Å²) in [6.45, 7) is 2.11. The summed E-state index contributed by atoms with van der Waals surface area (Å²) in [5, 5.41) is 1.19. The molecule has 2 N–H and O–H groups in total. The Labute approximate surface area is 114 Å². The van der Waals surface area contributed by atoms with Crippen LogP contribution in [0.1, 0.15) is 43.0 Å². The van der Waals surface area contributed by atoms with Gasteiger partial charge in [0.2, 0.25) is 0 Å². The molecule has 2 saturated carbocycles. The largest absolute Gasteiger partial charge is 0.459 e. The molecule has 100 valence electrons. The number of benzene rings is 1. The third-order valence-corrected chi connectivity index (χ3v) is 5.27. The van der Waals surface area contributed by atoms with E-state index in [-0.39, 0.29) is 6.04 Å². The molecule has 2 aromatic rings. The first-order valence-corrected chi connectivity index (χ1v) is 7.46. The van der Waals surface area contributed by atoms with Crippen molar-refractivity contribution < 1.29 is 4.42 Å². The van der Waals surface area contributed by atoms with Crippen LogP contribution in [0.15, 0.2) is 28.7 Å². The molecule has 2 heteroatoms. The molecule has 0 aliphatic heterocycles. The number of rotatable bonds is 2. The molecular weight excluding hydrogens is 234 g/mol. The Morgan fingerprint density at radius 2 is 2.11 bits per heavy atom. The molecule has 0 radical (unpaired) electrons. The fourth-order valence-corrected chi connectivity index (χ4v) is 4.29. The van der Waals surface area contributed by atoms with Crippen molar-refractivity contribution in [2.24, 2.45) is 23.5 Å². The molecule has 1 aromatic carbocycles. The van der Waals surface area contributed by atoms with Crippen molar-refractivity contribution in [3.05, 3.63) is 35.6 Å². The van der Waals surface area contributed by atoms with Gasteiger partial charge in [-0.25, -0.2) is 0 Å². The van der Waals surface area contributed by atoms with Gasteiger partial charge in [-0.1, -0.05) is 18.1 Å². The maximum atomic E-state index is 6.49. The minimum absolute atomic E-state index is 0.0861. The summed E-state index contributed by atoms with van der Waals surface area (Å²) in [6, 6.07) is 8.57. The molecule has 19 heavy (non-hydrogen) atoms. The van der Waals surface area contributed by atoms with Gasteiger partial charge in [-0.05, 0) is 62.1 Å². The van der Waals surface area contributed by atoms with E-state index in [4.69, 9.17) is 10.2 Å². The lowest BCUT2D eigenvalue weighted by Crippen LogP contribution is -2.25. The highest BCUT2D eigenvalue weighted by atomic mass is 16.3. The predicted octanol–water partition coefficient (Wildman–Crippen LogP) is 4.18. The van der Waals surface area contributed by atoms with E-state index in [9.17, 15) is 0 Å². The first kappa shape index (κ1) is 11.5. The highest BCUT2D eigenvalue weighted by molar-refractivity contribution is 5.78. The Balaban J connectivity index is 1.66. The number of hydrogen-bond donors (Lipinski definition) is 1. The zero-order valence-electron chi connectivity index (χ0n) is 11.4. The number of hydrogen-bond acceptors (Lipinski definition) is 2. The van der Waals surface area contributed by atoms with E-state index in [1.165, 1.54) is 36.6 Å². The van der Waals surface area contributed by atoms with E-state index in [0.29, 0.717) is 5.92 Å². The van der Waals surface area contributed by atoms with Gasteiger partial charge in [0.15, 0.2) is 0 Å². The highest BCUT2D eigenvalue weighted by Crippen LogP contribution is 2.52. The lowest BCUT2D eigenvalue weighted by atomic mass is 9.83. The van der Waals surface area contributed by atoms with Crippen LogP contribution in [0.25, 0.3) is 11.0 Å². The van der Waals surface area contributed by atoms with E-state index in [1.807, 2.05) is 0 Å². The summed E-state index contributed by atoms with van der Waals surface area (Å²) in [5.74, 6) is 3.40. The summed E-state index contributed by atoms with van der Waals surface area (Å²) in [5.41, 5.74) is 8.74. The van der Waals surface area contributed by atoms with Crippen LogP contribution < -0.4 is 5.73 Å². The van der Waals surface area contributed by atoms with Gasteiger partial charge in [0.25, 0.3) is 0 Å². The average Bonchev–Trinajstić information content (AvgIpc) is 3.11. The van der Waals surface area contributed by atoms with E-state index < -0.39 is 0 Å². The quantitative estimate of drug-likeness (QED) is 0.874. The smallest absolute Gasteiger partial charge is 0.134 e. The third kappa shape index (κ3) is 1.81. The maximum Gasteiger partial charge on any atom is 0.134 e. The van der Waals surface area contributed by atoms with Crippen LogP contribution in [0.4, 0.5) is 0 Å². The Kier molecular flexibility index (Phi) is 2.49. The second-order valence-electron chi connectivity index (χ2n) is 6.55. The molecule has 0 amide bonds. The van der Waals surface area contributed by atoms with Crippen molar-refractivity contribution in [3.63, 3.8) is 0 Å². The average molecular weight is 255 g/mol. The number of nitrogens with two attached hydrogens (primary N) is 1. The second kappa shape index (κ2) is 4.11. The van der Waals surface area contributed by atoms with Crippen LogP contribution in [-0.2, 0) is 0 Å². The van der Waals surface area contributed by atoms with Crippen LogP contribution in [0.2, 0.25) is 0 Å². The minimum Gasteiger partial charge on any atom is -0.459 e. The van der Waals surface area contributed by atoms with E-state index in [2.05, 4.69) is 31.2 Å². The van der Waals surface area contributed by atoms with Crippen LogP contribution in [0.5, 0.6) is 0 Å². The summed E-state index contributed by atoms with van der Waals surface area (Å²) >= 11 is 0. The molecule has 0 spiro atoms. The highest BCUT2D eigenvalue weighted by Gasteiger charge is 2.43. The molecule has 2 aliphatic carbocycles. The molecule has 2 fully saturated rings. The Bertz CT molecular complexity index is 615. The zero-order chi connectivity index (χ0) is 13.0. The Morgan fingerprint density at radius 3 is 2.84 bits per heavy atom. The topological polar surface area (TPSA) is 39.2 Å². The summed E-state index contributed by atoms with van der Waals surface area (Å²) in [6.07, 6.45) is 5.51. The number of fused-ring (bicyclic) bond motifs is 3. The van der Waals surface area contributed by atoms with E-state index in [0.717, 1.165) is 23.2 Å². The SMILES string of the molecule is Cc1ccc2oc(C(N)C3CC4CCC3C4)cc2c1. The first-order valence-electron chi connectivity index (χ1n) is 7.46. The van der Waals surface area contributed by atoms with Gasteiger partial charge in [0, 0.05) is 5.39 Å². The molecule has 4 rings (SSSR count). The van der Waals surface area contributed by atoms with Gasteiger partial charge in [0.1, 0.15) is 11.3 Å². The molecule has 2 bridgehead atoms. The second-order valence-corrected chi connectivity index (χ2v) is 6.55. The lowest BCUT2D eigenvalue weighted by molar-refractivity contribution is 0.263. The normalized spacial score (nSPS) is 31.2. The summed E-state index contributed by atoms with van der Waals surface area (Å²) in [7, 11) is 0. The van der Waals surface area contributed by atoms with Crippen LogP contribution >= 0.6 is 0 Å². The van der Waals surface area contributed by atoms with Gasteiger partial charge >= 0.3 is 0 Å². The maximum absolute atomic E-state index is 6.49. The molecule has 0 saturated heterocycles. The third-order valence-electron chi connectivity index (χ3n) is 5.27. The fraction of sp³-hybridized carbons (Fsp3) is 0.529. The van der Waals surface area contributed by atoms with Crippen molar-refractivity contribution in [2.75, 3.05) is 0 Å². The van der Waals surface area contributed by atoms with Crippen molar-refractivity contribution >= 4 is 11.0 Å². The molecular formula is C17H21NO. The van der Waals surface area contributed by atoms with Gasteiger partial charge in [-0.3, -0.25) is 0 Å². The van der Waals surface area contributed by atoms with E-state index in [1.54, 1.807) is 0 Å². The number of furan rings is 1. The standard InChI is InChI=1S/C17H21NO/c1-10-2-5-15-13(6-10)9-16(19-15)17(18)14-8-11-3-4-12(14)7-11/h2,5-6,9,11-12,14,17H,3-4,7-8,18H2,1H3. The predicted molar refractivity (Wildman–Crippen MR) is 76.8 cm³/mol. The molecule has 2 aliphatic rings. The van der Waals surface area contributed by atoms with Crippen LogP contribution in [0, 0.1) is 24.7 Å². The molecule has 1 aromatic heterocycles. The minimum atomic E-state index is 0.0861. The fourth-order valence-electron chi connectivity index (χ4n) is 4.29. The first-order chi connectivity index (χ1) is 9.20. The summed E-state index contributed by atoms with van der Waals surface area (Å²) < 4.78 is 5.98. The number of aryl methyl sites for hydroxylation is 1. The van der Waals surface area contributed by atoms with Crippen molar-refractivity contribution in [1.29, 1.82) is 0 Å². The molecule has 4 atom stereocenters. The van der Waals surface area contributed by atoms with Gasteiger partial charge < -0.3 is 10.2 Å². The van der Waals surface area contributed by atoms with Crippen LogP contribution in [-0.4, -0.2) is 0 Å². The van der Waals surface area contributed by atoms with Crippen molar-refractivity contribution in [1.82, 2.24) is 0 Å². The molecule has 1 heterocycles. The van der Waals surface area contributed by atoms with Crippen molar-refractivity contribution in [3.8, 4) is 0 Å². The van der Waals surface area contributed by atoms with Gasteiger partial charge in [0.05, 0.1) is 6.04 Å². The van der Waals surface area contributed by atoms with Crippen LogP contribution in [0.3, 0.4) is 0 Å². The van der Waals surface area contributed by atoms with Crippen molar-refractivity contribution in [2.45, 2.75) is 38.6 Å². The molecule has 4 unspecified atom stereocenters.